The Bertz CT molecular complexity index is 164. The minimum absolute atomic E-state index is 0.506. The average molecular weight is 232 g/mol. The second-order valence-corrected chi connectivity index (χ2v) is 6.55. The van der Waals surface area contributed by atoms with E-state index in [1.807, 2.05) is 13.1 Å². The SMILES string of the molecule is C=COCCO[Si](C)(C)OCCOC=C. The van der Waals surface area contributed by atoms with Crippen molar-refractivity contribution in [2.75, 3.05) is 26.4 Å². The Balaban J connectivity index is 3.47. The van der Waals surface area contributed by atoms with Crippen LogP contribution in [0.25, 0.3) is 0 Å². The fourth-order valence-corrected chi connectivity index (χ4v) is 2.11. The van der Waals surface area contributed by atoms with E-state index in [4.69, 9.17) is 18.3 Å². The van der Waals surface area contributed by atoms with E-state index in [-0.39, 0.29) is 0 Å². The Morgan fingerprint density at radius 2 is 1.27 bits per heavy atom. The summed E-state index contributed by atoms with van der Waals surface area (Å²) in [5, 5.41) is 0. The number of hydrogen-bond acceptors (Lipinski definition) is 4. The summed E-state index contributed by atoms with van der Waals surface area (Å²) in [6.07, 6.45) is 2.80. The second-order valence-electron chi connectivity index (χ2n) is 3.17. The molecule has 0 rings (SSSR count). The van der Waals surface area contributed by atoms with Crippen molar-refractivity contribution in [3.05, 3.63) is 25.7 Å². The van der Waals surface area contributed by atoms with Gasteiger partial charge < -0.3 is 18.3 Å². The Morgan fingerprint density at radius 1 is 0.867 bits per heavy atom. The first kappa shape index (κ1) is 14.2. The van der Waals surface area contributed by atoms with Crippen LogP contribution in [0.3, 0.4) is 0 Å². The molecule has 0 aliphatic carbocycles. The van der Waals surface area contributed by atoms with E-state index in [2.05, 4.69) is 13.2 Å². The van der Waals surface area contributed by atoms with Gasteiger partial charge in [-0.3, -0.25) is 0 Å². The molecule has 4 nitrogen and oxygen atoms in total. The van der Waals surface area contributed by atoms with Crippen molar-refractivity contribution < 1.29 is 18.3 Å². The van der Waals surface area contributed by atoms with E-state index in [0.717, 1.165) is 0 Å². The maximum Gasteiger partial charge on any atom is 0.331 e. The van der Waals surface area contributed by atoms with Crippen LogP contribution in [0.5, 0.6) is 0 Å². The van der Waals surface area contributed by atoms with E-state index < -0.39 is 8.56 Å². The minimum atomic E-state index is -2.03. The van der Waals surface area contributed by atoms with Gasteiger partial charge in [0.05, 0.1) is 25.7 Å². The van der Waals surface area contributed by atoms with Gasteiger partial charge in [0.25, 0.3) is 0 Å². The summed E-state index contributed by atoms with van der Waals surface area (Å²) in [5.41, 5.74) is 0. The van der Waals surface area contributed by atoms with Gasteiger partial charge in [0.1, 0.15) is 13.2 Å². The Kier molecular flexibility index (Phi) is 8.07. The lowest BCUT2D eigenvalue weighted by atomic mass is 10.8. The highest BCUT2D eigenvalue weighted by atomic mass is 28.4. The molecular weight excluding hydrogens is 212 g/mol. The highest BCUT2D eigenvalue weighted by molar-refractivity contribution is 6.64. The molecule has 0 saturated carbocycles. The van der Waals surface area contributed by atoms with Gasteiger partial charge in [0, 0.05) is 0 Å². The number of hydrogen-bond donors (Lipinski definition) is 0. The van der Waals surface area contributed by atoms with Crippen molar-refractivity contribution in [1.29, 1.82) is 0 Å². The van der Waals surface area contributed by atoms with Crippen LogP contribution in [-0.4, -0.2) is 35.0 Å². The fourth-order valence-electron chi connectivity index (χ4n) is 0.879. The smallest absolute Gasteiger partial charge is 0.331 e. The molecule has 0 unspecified atom stereocenters. The summed E-state index contributed by atoms with van der Waals surface area (Å²) < 4.78 is 21.0. The van der Waals surface area contributed by atoms with E-state index in [9.17, 15) is 0 Å². The quantitative estimate of drug-likeness (QED) is 0.328. The fraction of sp³-hybridized carbons (Fsp3) is 0.600. The Hall–Kier alpha value is -0.783. The average Bonchev–Trinajstić information content (AvgIpc) is 2.20. The zero-order valence-electron chi connectivity index (χ0n) is 9.53. The van der Waals surface area contributed by atoms with Crippen LogP contribution in [0.1, 0.15) is 0 Å². The summed E-state index contributed by atoms with van der Waals surface area (Å²) in [6, 6.07) is 0. The third-order valence-corrected chi connectivity index (χ3v) is 3.34. The zero-order valence-corrected chi connectivity index (χ0v) is 10.5. The van der Waals surface area contributed by atoms with Crippen molar-refractivity contribution in [2.45, 2.75) is 13.1 Å². The molecule has 5 heteroatoms. The van der Waals surface area contributed by atoms with Crippen LogP contribution >= 0.6 is 0 Å². The molecule has 0 aromatic rings. The topological polar surface area (TPSA) is 36.9 Å². The van der Waals surface area contributed by atoms with E-state index >= 15 is 0 Å². The zero-order chi connectivity index (χ0) is 11.6. The molecule has 0 bridgehead atoms. The summed E-state index contributed by atoms with van der Waals surface area (Å²) >= 11 is 0. The predicted octanol–water partition coefficient (Wildman–Crippen LogP) is 2.04. The normalized spacial score (nSPS) is 10.8. The summed E-state index contributed by atoms with van der Waals surface area (Å²) in [7, 11) is -2.03. The van der Waals surface area contributed by atoms with Gasteiger partial charge in [-0.2, -0.15) is 0 Å². The minimum Gasteiger partial charge on any atom is -0.499 e. The summed E-state index contributed by atoms with van der Waals surface area (Å²) in [5.74, 6) is 0. The molecule has 0 aromatic heterocycles. The molecular formula is C10H20O4Si. The predicted molar refractivity (Wildman–Crippen MR) is 61.7 cm³/mol. The maximum atomic E-state index is 5.57. The van der Waals surface area contributed by atoms with E-state index in [1.54, 1.807) is 0 Å². The lowest BCUT2D eigenvalue weighted by molar-refractivity contribution is 0.110. The molecule has 0 amide bonds. The molecule has 0 N–H and O–H groups in total. The van der Waals surface area contributed by atoms with Gasteiger partial charge in [-0.05, 0) is 13.1 Å². The first-order valence-corrected chi connectivity index (χ1v) is 7.67. The lowest BCUT2D eigenvalue weighted by Crippen LogP contribution is -2.37. The largest absolute Gasteiger partial charge is 0.499 e. The van der Waals surface area contributed by atoms with Gasteiger partial charge in [-0.25, -0.2) is 0 Å². The third kappa shape index (κ3) is 9.52. The highest BCUT2D eigenvalue weighted by Crippen LogP contribution is 2.05. The lowest BCUT2D eigenvalue weighted by Gasteiger charge is -2.22. The Morgan fingerprint density at radius 3 is 1.60 bits per heavy atom. The molecule has 0 aliphatic rings. The molecule has 0 heterocycles. The van der Waals surface area contributed by atoms with Crippen molar-refractivity contribution >= 4 is 8.56 Å². The van der Waals surface area contributed by atoms with Crippen LogP contribution in [0.15, 0.2) is 25.7 Å². The van der Waals surface area contributed by atoms with Gasteiger partial charge >= 0.3 is 8.56 Å². The molecule has 0 spiro atoms. The molecule has 0 fully saturated rings. The van der Waals surface area contributed by atoms with Crippen LogP contribution < -0.4 is 0 Å². The van der Waals surface area contributed by atoms with Crippen LogP contribution in [0, 0.1) is 0 Å². The molecule has 0 radical (unpaired) electrons. The van der Waals surface area contributed by atoms with Gasteiger partial charge in [0.15, 0.2) is 0 Å². The monoisotopic (exact) mass is 232 g/mol. The molecule has 0 aliphatic heterocycles. The van der Waals surface area contributed by atoms with Crippen LogP contribution in [-0.2, 0) is 18.3 Å². The van der Waals surface area contributed by atoms with Gasteiger partial charge in [-0.15, -0.1) is 0 Å². The van der Waals surface area contributed by atoms with E-state index in [1.165, 1.54) is 12.5 Å². The van der Waals surface area contributed by atoms with Gasteiger partial charge in [0.2, 0.25) is 0 Å². The molecule has 0 aromatic carbocycles. The standard InChI is InChI=1S/C10H20O4Si/c1-5-11-7-9-13-15(3,4)14-10-8-12-6-2/h5-6H,1-2,7-10H2,3-4H3. The first-order valence-electron chi connectivity index (χ1n) is 4.85. The molecule has 15 heavy (non-hydrogen) atoms. The Labute approximate surface area is 92.7 Å². The highest BCUT2D eigenvalue weighted by Gasteiger charge is 2.23. The summed E-state index contributed by atoms with van der Waals surface area (Å²) in [6.45, 7) is 12.9. The van der Waals surface area contributed by atoms with Crippen molar-refractivity contribution in [1.82, 2.24) is 0 Å². The van der Waals surface area contributed by atoms with Crippen LogP contribution in [0.4, 0.5) is 0 Å². The molecule has 88 valence electrons. The number of ether oxygens (including phenoxy) is 2. The van der Waals surface area contributed by atoms with Crippen molar-refractivity contribution in [3.63, 3.8) is 0 Å². The van der Waals surface area contributed by atoms with Crippen LogP contribution in [0.2, 0.25) is 13.1 Å². The third-order valence-electron chi connectivity index (χ3n) is 1.54. The second kappa shape index (κ2) is 8.52. The number of rotatable bonds is 10. The first-order chi connectivity index (χ1) is 7.12. The van der Waals surface area contributed by atoms with E-state index in [0.29, 0.717) is 26.4 Å². The molecule has 0 saturated heterocycles. The van der Waals surface area contributed by atoms with Crippen molar-refractivity contribution in [3.8, 4) is 0 Å². The molecule has 0 atom stereocenters. The van der Waals surface area contributed by atoms with Gasteiger partial charge in [-0.1, -0.05) is 13.2 Å². The summed E-state index contributed by atoms with van der Waals surface area (Å²) in [4.78, 5) is 0. The van der Waals surface area contributed by atoms with Crippen molar-refractivity contribution in [2.24, 2.45) is 0 Å². The maximum absolute atomic E-state index is 5.57.